The van der Waals surface area contributed by atoms with Gasteiger partial charge in [-0.05, 0) is 25.0 Å². The molecule has 1 saturated heterocycles. The van der Waals surface area contributed by atoms with E-state index >= 15 is 0 Å². The van der Waals surface area contributed by atoms with Gasteiger partial charge in [-0.25, -0.2) is 4.79 Å². The third kappa shape index (κ3) is 2.21. The van der Waals surface area contributed by atoms with Crippen molar-refractivity contribution >= 4 is 17.0 Å². The van der Waals surface area contributed by atoms with Gasteiger partial charge in [0.1, 0.15) is 12.4 Å². The SMILES string of the molecule is O=C(O)N1CCC[C@H]1COc1cccc2[nH]ncc12. The van der Waals surface area contributed by atoms with Crippen molar-refractivity contribution < 1.29 is 14.6 Å². The van der Waals surface area contributed by atoms with E-state index in [-0.39, 0.29) is 6.04 Å². The highest BCUT2D eigenvalue weighted by Gasteiger charge is 2.29. The van der Waals surface area contributed by atoms with Gasteiger partial charge in [-0.3, -0.25) is 5.10 Å². The molecule has 6 heteroatoms. The number of amides is 1. The van der Waals surface area contributed by atoms with Crippen molar-refractivity contribution in [2.24, 2.45) is 0 Å². The predicted octanol–water partition coefficient (Wildman–Crippen LogP) is 2.08. The number of ether oxygens (including phenoxy) is 1. The maximum Gasteiger partial charge on any atom is 0.407 e. The van der Waals surface area contributed by atoms with E-state index < -0.39 is 6.09 Å². The average molecular weight is 261 g/mol. The lowest BCUT2D eigenvalue weighted by molar-refractivity contribution is 0.123. The second-order valence-corrected chi connectivity index (χ2v) is 4.67. The Morgan fingerprint density at radius 2 is 2.47 bits per heavy atom. The molecule has 1 aromatic heterocycles. The van der Waals surface area contributed by atoms with Gasteiger partial charge in [0.25, 0.3) is 0 Å². The van der Waals surface area contributed by atoms with Crippen LogP contribution in [-0.2, 0) is 0 Å². The number of carbonyl (C=O) groups is 1. The minimum atomic E-state index is -0.868. The molecule has 1 fully saturated rings. The summed E-state index contributed by atoms with van der Waals surface area (Å²) in [7, 11) is 0. The fraction of sp³-hybridized carbons (Fsp3) is 0.385. The van der Waals surface area contributed by atoms with Crippen LogP contribution in [0, 0.1) is 0 Å². The molecule has 2 N–H and O–H groups in total. The van der Waals surface area contributed by atoms with Gasteiger partial charge in [0.05, 0.1) is 23.1 Å². The van der Waals surface area contributed by atoms with Gasteiger partial charge in [-0.1, -0.05) is 6.07 Å². The summed E-state index contributed by atoms with van der Waals surface area (Å²) in [4.78, 5) is 12.5. The van der Waals surface area contributed by atoms with Crippen molar-refractivity contribution in [2.75, 3.05) is 13.2 Å². The molecule has 0 saturated carbocycles. The zero-order chi connectivity index (χ0) is 13.2. The zero-order valence-corrected chi connectivity index (χ0v) is 10.4. The van der Waals surface area contributed by atoms with E-state index in [0.29, 0.717) is 13.2 Å². The van der Waals surface area contributed by atoms with Crippen LogP contribution in [0.1, 0.15) is 12.8 Å². The minimum Gasteiger partial charge on any atom is -0.491 e. The summed E-state index contributed by atoms with van der Waals surface area (Å²) in [6.45, 7) is 0.982. The van der Waals surface area contributed by atoms with E-state index in [0.717, 1.165) is 29.5 Å². The number of likely N-dealkylation sites (tertiary alicyclic amines) is 1. The van der Waals surface area contributed by atoms with E-state index in [1.54, 1.807) is 6.20 Å². The fourth-order valence-electron chi connectivity index (χ4n) is 2.51. The molecule has 0 bridgehead atoms. The Hall–Kier alpha value is -2.24. The van der Waals surface area contributed by atoms with Crippen LogP contribution < -0.4 is 4.74 Å². The largest absolute Gasteiger partial charge is 0.491 e. The average Bonchev–Trinajstić information content (AvgIpc) is 3.04. The maximum atomic E-state index is 11.0. The number of benzene rings is 1. The van der Waals surface area contributed by atoms with E-state index in [1.165, 1.54) is 4.90 Å². The minimum absolute atomic E-state index is 0.0559. The van der Waals surface area contributed by atoms with Crippen LogP contribution in [0.4, 0.5) is 4.79 Å². The van der Waals surface area contributed by atoms with Crippen LogP contribution in [0.15, 0.2) is 24.4 Å². The summed E-state index contributed by atoms with van der Waals surface area (Å²) >= 11 is 0. The van der Waals surface area contributed by atoms with Crippen LogP contribution in [0.25, 0.3) is 10.9 Å². The van der Waals surface area contributed by atoms with Crippen LogP contribution in [0.2, 0.25) is 0 Å². The highest BCUT2D eigenvalue weighted by molar-refractivity contribution is 5.84. The molecule has 1 atom stereocenters. The number of hydrogen-bond acceptors (Lipinski definition) is 3. The Morgan fingerprint density at radius 3 is 3.32 bits per heavy atom. The molecule has 3 rings (SSSR count). The summed E-state index contributed by atoms with van der Waals surface area (Å²) < 4.78 is 5.78. The van der Waals surface area contributed by atoms with Gasteiger partial charge in [0, 0.05) is 6.54 Å². The number of hydrogen-bond donors (Lipinski definition) is 2. The molecular weight excluding hydrogens is 246 g/mol. The first kappa shape index (κ1) is 11.8. The summed E-state index contributed by atoms with van der Waals surface area (Å²) in [5, 5.41) is 16.8. The molecule has 0 unspecified atom stereocenters. The summed E-state index contributed by atoms with van der Waals surface area (Å²) in [6, 6.07) is 5.63. The van der Waals surface area contributed by atoms with Gasteiger partial charge < -0.3 is 14.7 Å². The first-order valence-electron chi connectivity index (χ1n) is 6.30. The predicted molar refractivity (Wildman–Crippen MR) is 69.3 cm³/mol. The normalized spacial score (nSPS) is 18.9. The topological polar surface area (TPSA) is 78.5 Å². The number of nitrogens with one attached hydrogen (secondary N) is 1. The van der Waals surface area contributed by atoms with Crippen molar-refractivity contribution in [3.8, 4) is 5.75 Å². The first-order chi connectivity index (χ1) is 9.25. The van der Waals surface area contributed by atoms with E-state index in [2.05, 4.69) is 10.2 Å². The molecule has 0 aliphatic carbocycles. The summed E-state index contributed by atoms with van der Waals surface area (Å²) in [5.41, 5.74) is 0.916. The zero-order valence-electron chi connectivity index (χ0n) is 10.4. The number of rotatable bonds is 3. The summed E-state index contributed by atoms with van der Waals surface area (Å²) in [5.74, 6) is 0.739. The first-order valence-corrected chi connectivity index (χ1v) is 6.30. The van der Waals surface area contributed by atoms with Gasteiger partial charge in [0.15, 0.2) is 0 Å². The van der Waals surface area contributed by atoms with E-state index in [1.807, 2.05) is 18.2 Å². The Balaban J connectivity index is 1.72. The second-order valence-electron chi connectivity index (χ2n) is 4.67. The lowest BCUT2D eigenvalue weighted by atomic mass is 10.2. The second kappa shape index (κ2) is 4.79. The van der Waals surface area contributed by atoms with Crippen molar-refractivity contribution in [1.29, 1.82) is 0 Å². The van der Waals surface area contributed by atoms with Crippen LogP contribution in [0.5, 0.6) is 5.75 Å². The molecule has 2 heterocycles. The number of nitrogens with zero attached hydrogens (tertiary/aromatic N) is 2. The monoisotopic (exact) mass is 261 g/mol. The fourth-order valence-corrected chi connectivity index (χ4v) is 2.51. The highest BCUT2D eigenvalue weighted by Crippen LogP contribution is 2.25. The number of fused-ring (bicyclic) bond motifs is 1. The molecule has 1 aromatic carbocycles. The maximum absolute atomic E-state index is 11.0. The van der Waals surface area contributed by atoms with Gasteiger partial charge in [-0.2, -0.15) is 5.10 Å². The van der Waals surface area contributed by atoms with Gasteiger partial charge in [-0.15, -0.1) is 0 Å². The van der Waals surface area contributed by atoms with Gasteiger partial charge >= 0.3 is 6.09 Å². The molecule has 1 aliphatic heterocycles. The number of aromatic nitrogens is 2. The Kier molecular flexibility index (Phi) is 2.98. The molecule has 0 spiro atoms. The molecular formula is C13H15N3O3. The Morgan fingerprint density at radius 1 is 1.58 bits per heavy atom. The standard InChI is InChI=1S/C13H15N3O3/c17-13(18)16-6-2-3-9(16)8-19-12-5-1-4-11-10(12)7-14-15-11/h1,4-5,7,9H,2-3,6,8H2,(H,14,15)(H,17,18)/t9-/m0/s1. The highest BCUT2D eigenvalue weighted by atomic mass is 16.5. The quantitative estimate of drug-likeness (QED) is 0.886. The number of H-pyrrole nitrogens is 1. The van der Waals surface area contributed by atoms with E-state index in [4.69, 9.17) is 9.84 Å². The lowest BCUT2D eigenvalue weighted by Gasteiger charge is -2.21. The van der Waals surface area contributed by atoms with Crippen molar-refractivity contribution in [2.45, 2.75) is 18.9 Å². The molecule has 100 valence electrons. The number of carboxylic acid groups (broad SMARTS) is 1. The molecule has 2 aromatic rings. The lowest BCUT2D eigenvalue weighted by Crippen LogP contribution is -2.38. The van der Waals surface area contributed by atoms with Crippen LogP contribution in [-0.4, -0.2) is 45.5 Å². The third-order valence-corrected chi connectivity index (χ3v) is 3.50. The third-order valence-electron chi connectivity index (χ3n) is 3.50. The number of aromatic amines is 1. The summed E-state index contributed by atoms with van der Waals surface area (Å²) in [6.07, 6.45) is 2.60. The molecule has 1 amide bonds. The van der Waals surface area contributed by atoms with Crippen LogP contribution >= 0.6 is 0 Å². The van der Waals surface area contributed by atoms with Crippen molar-refractivity contribution in [1.82, 2.24) is 15.1 Å². The van der Waals surface area contributed by atoms with Crippen molar-refractivity contribution in [3.05, 3.63) is 24.4 Å². The Bertz CT molecular complexity index is 596. The molecule has 19 heavy (non-hydrogen) atoms. The molecule has 6 nitrogen and oxygen atoms in total. The van der Waals surface area contributed by atoms with E-state index in [9.17, 15) is 4.79 Å². The van der Waals surface area contributed by atoms with Gasteiger partial charge in [0.2, 0.25) is 0 Å². The smallest absolute Gasteiger partial charge is 0.407 e. The van der Waals surface area contributed by atoms with Crippen molar-refractivity contribution in [3.63, 3.8) is 0 Å². The molecule has 0 radical (unpaired) electrons. The Labute approximate surface area is 110 Å². The van der Waals surface area contributed by atoms with Crippen LogP contribution in [0.3, 0.4) is 0 Å². The molecule has 1 aliphatic rings.